The van der Waals surface area contributed by atoms with Gasteiger partial charge in [0.1, 0.15) is 0 Å². The fraction of sp³-hybridized carbons (Fsp3) is 0.385. The lowest BCUT2D eigenvalue weighted by molar-refractivity contribution is 0.817. The molecule has 2 nitrogen and oxygen atoms in total. The Balaban J connectivity index is 2.94. The summed E-state index contributed by atoms with van der Waals surface area (Å²) in [6.07, 6.45) is 0. The second-order valence-corrected chi connectivity index (χ2v) is 4.72. The summed E-state index contributed by atoms with van der Waals surface area (Å²) in [6, 6.07) is 5.96. The summed E-state index contributed by atoms with van der Waals surface area (Å²) in [7, 11) is 2.00. The summed E-state index contributed by atoms with van der Waals surface area (Å²) in [5, 5.41) is 0.735. The highest BCUT2D eigenvalue weighted by Gasteiger charge is 2.08. The lowest BCUT2D eigenvalue weighted by Gasteiger charge is -2.21. The van der Waals surface area contributed by atoms with Crippen LogP contribution < -0.4 is 10.6 Å². The zero-order valence-electron chi connectivity index (χ0n) is 10.1. The molecular formula is C13H19ClN2. The summed E-state index contributed by atoms with van der Waals surface area (Å²) in [5.41, 5.74) is 8.97. The summed E-state index contributed by atoms with van der Waals surface area (Å²) < 4.78 is 0. The summed E-state index contributed by atoms with van der Waals surface area (Å²) in [5.74, 6) is 0. The van der Waals surface area contributed by atoms with Gasteiger partial charge in [0.2, 0.25) is 0 Å². The monoisotopic (exact) mass is 238 g/mol. The van der Waals surface area contributed by atoms with E-state index in [1.54, 1.807) is 0 Å². The zero-order chi connectivity index (χ0) is 12.3. The molecule has 0 saturated heterocycles. The lowest BCUT2D eigenvalue weighted by Crippen LogP contribution is -2.19. The van der Waals surface area contributed by atoms with Gasteiger partial charge in [-0.3, -0.25) is 0 Å². The van der Waals surface area contributed by atoms with Crippen LogP contribution in [0.1, 0.15) is 25.5 Å². The number of benzene rings is 1. The Hall–Kier alpha value is -0.990. The van der Waals surface area contributed by atoms with Crippen LogP contribution in [0.3, 0.4) is 0 Å². The summed E-state index contributed by atoms with van der Waals surface area (Å²) in [4.78, 5) is 2.08. The highest BCUT2D eigenvalue weighted by Crippen LogP contribution is 2.28. The van der Waals surface area contributed by atoms with E-state index in [9.17, 15) is 0 Å². The molecule has 1 atom stereocenters. The molecule has 1 aromatic rings. The van der Waals surface area contributed by atoms with E-state index in [4.69, 9.17) is 17.3 Å². The quantitative estimate of drug-likeness (QED) is 0.815. The Labute approximate surface area is 103 Å². The second kappa shape index (κ2) is 5.37. The van der Waals surface area contributed by atoms with E-state index < -0.39 is 0 Å². The number of halogens is 1. The molecule has 0 aliphatic carbocycles. The number of anilines is 1. The normalized spacial score (nSPS) is 12.3. The van der Waals surface area contributed by atoms with E-state index in [0.29, 0.717) is 0 Å². The Morgan fingerprint density at radius 3 is 2.62 bits per heavy atom. The van der Waals surface area contributed by atoms with Gasteiger partial charge in [-0.2, -0.15) is 0 Å². The molecule has 0 amide bonds. The fourth-order valence-corrected chi connectivity index (χ4v) is 1.94. The largest absolute Gasteiger partial charge is 0.369 e. The average molecular weight is 239 g/mol. The second-order valence-electron chi connectivity index (χ2n) is 4.31. The Morgan fingerprint density at radius 2 is 2.19 bits per heavy atom. The minimum atomic E-state index is 0.0120. The first-order valence-corrected chi connectivity index (χ1v) is 5.70. The standard InChI is InChI=1S/C13H19ClN2/c1-9(2)8-16(4)13-6-5-11(10(3)15)7-12(13)14/h5-7,10H,1,8,15H2,2-4H3/t10-/m1/s1. The van der Waals surface area contributed by atoms with Crippen LogP contribution in [0.25, 0.3) is 0 Å². The van der Waals surface area contributed by atoms with E-state index in [0.717, 1.165) is 28.4 Å². The molecule has 0 fully saturated rings. The topological polar surface area (TPSA) is 29.3 Å². The van der Waals surface area contributed by atoms with Crippen molar-refractivity contribution in [3.8, 4) is 0 Å². The van der Waals surface area contributed by atoms with Gasteiger partial charge in [-0.05, 0) is 31.5 Å². The maximum Gasteiger partial charge on any atom is 0.0642 e. The third kappa shape index (κ3) is 3.26. The van der Waals surface area contributed by atoms with Crippen molar-refractivity contribution in [2.75, 3.05) is 18.5 Å². The van der Waals surface area contributed by atoms with Gasteiger partial charge in [-0.25, -0.2) is 0 Å². The van der Waals surface area contributed by atoms with Crippen LogP contribution in [0, 0.1) is 0 Å². The van der Waals surface area contributed by atoms with Crippen molar-refractivity contribution in [3.05, 3.63) is 40.9 Å². The maximum absolute atomic E-state index is 6.22. The summed E-state index contributed by atoms with van der Waals surface area (Å²) >= 11 is 6.22. The molecule has 0 unspecified atom stereocenters. The van der Waals surface area contributed by atoms with Gasteiger partial charge in [-0.1, -0.05) is 29.8 Å². The van der Waals surface area contributed by atoms with Crippen molar-refractivity contribution in [2.24, 2.45) is 5.73 Å². The first kappa shape index (κ1) is 13.1. The Bertz CT molecular complexity index is 386. The van der Waals surface area contributed by atoms with Crippen molar-refractivity contribution in [1.29, 1.82) is 0 Å². The van der Waals surface area contributed by atoms with E-state index >= 15 is 0 Å². The lowest BCUT2D eigenvalue weighted by atomic mass is 10.1. The van der Waals surface area contributed by atoms with Crippen LogP contribution in [-0.2, 0) is 0 Å². The van der Waals surface area contributed by atoms with Crippen LogP contribution in [0.15, 0.2) is 30.4 Å². The number of hydrogen-bond acceptors (Lipinski definition) is 2. The van der Waals surface area contributed by atoms with E-state index in [1.165, 1.54) is 0 Å². The molecular weight excluding hydrogens is 220 g/mol. The Morgan fingerprint density at radius 1 is 1.56 bits per heavy atom. The number of rotatable bonds is 4. The fourth-order valence-electron chi connectivity index (χ4n) is 1.61. The van der Waals surface area contributed by atoms with E-state index in [2.05, 4.69) is 11.5 Å². The molecule has 0 aliphatic heterocycles. The molecule has 1 rings (SSSR count). The molecule has 0 radical (unpaired) electrons. The highest BCUT2D eigenvalue weighted by molar-refractivity contribution is 6.33. The van der Waals surface area contributed by atoms with Crippen molar-refractivity contribution >= 4 is 17.3 Å². The van der Waals surface area contributed by atoms with E-state index in [1.807, 2.05) is 39.1 Å². The molecule has 0 aliphatic rings. The smallest absolute Gasteiger partial charge is 0.0642 e. The molecule has 0 aromatic heterocycles. The van der Waals surface area contributed by atoms with Crippen LogP contribution in [0.2, 0.25) is 5.02 Å². The molecule has 2 N–H and O–H groups in total. The van der Waals surface area contributed by atoms with Crippen molar-refractivity contribution in [2.45, 2.75) is 19.9 Å². The molecule has 3 heteroatoms. The number of nitrogens with zero attached hydrogens (tertiary/aromatic N) is 1. The number of nitrogens with two attached hydrogens (primary N) is 1. The van der Waals surface area contributed by atoms with Crippen LogP contribution in [0.5, 0.6) is 0 Å². The molecule has 0 heterocycles. The minimum Gasteiger partial charge on any atom is -0.369 e. The first-order chi connectivity index (χ1) is 7.41. The van der Waals surface area contributed by atoms with Gasteiger partial charge in [0, 0.05) is 19.6 Å². The SMILES string of the molecule is C=C(C)CN(C)c1ccc([C@@H](C)N)cc1Cl. The first-order valence-electron chi connectivity index (χ1n) is 5.32. The number of likely N-dealkylation sites (N-methyl/N-ethyl adjacent to an activating group) is 1. The van der Waals surface area contributed by atoms with E-state index in [-0.39, 0.29) is 6.04 Å². The van der Waals surface area contributed by atoms with Crippen molar-refractivity contribution < 1.29 is 0 Å². The highest BCUT2D eigenvalue weighted by atomic mass is 35.5. The molecule has 1 aromatic carbocycles. The Kier molecular flexibility index (Phi) is 4.39. The zero-order valence-corrected chi connectivity index (χ0v) is 10.9. The van der Waals surface area contributed by atoms with Gasteiger partial charge < -0.3 is 10.6 Å². The van der Waals surface area contributed by atoms with Gasteiger partial charge in [0.05, 0.1) is 10.7 Å². The van der Waals surface area contributed by atoms with Gasteiger partial charge in [0.25, 0.3) is 0 Å². The van der Waals surface area contributed by atoms with Gasteiger partial charge in [0.15, 0.2) is 0 Å². The van der Waals surface area contributed by atoms with Gasteiger partial charge in [-0.15, -0.1) is 0 Å². The third-order valence-electron chi connectivity index (χ3n) is 2.42. The van der Waals surface area contributed by atoms with Crippen LogP contribution >= 0.6 is 11.6 Å². The third-order valence-corrected chi connectivity index (χ3v) is 2.72. The van der Waals surface area contributed by atoms with Crippen LogP contribution in [-0.4, -0.2) is 13.6 Å². The number of hydrogen-bond donors (Lipinski definition) is 1. The molecule has 16 heavy (non-hydrogen) atoms. The molecule has 0 saturated carbocycles. The van der Waals surface area contributed by atoms with Crippen LogP contribution in [0.4, 0.5) is 5.69 Å². The predicted molar refractivity (Wildman–Crippen MR) is 72.1 cm³/mol. The predicted octanol–water partition coefficient (Wildman–Crippen LogP) is 3.37. The molecule has 0 bridgehead atoms. The molecule has 0 spiro atoms. The van der Waals surface area contributed by atoms with Crippen molar-refractivity contribution in [1.82, 2.24) is 0 Å². The maximum atomic E-state index is 6.22. The van der Waals surface area contributed by atoms with Crippen molar-refractivity contribution in [3.63, 3.8) is 0 Å². The minimum absolute atomic E-state index is 0.0120. The average Bonchev–Trinajstić information content (AvgIpc) is 2.15. The van der Waals surface area contributed by atoms with Gasteiger partial charge >= 0.3 is 0 Å². The summed E-state index contributed by atoms with van der Waals surface area (Å²) in [6.45, 7) is 8.64. The molecule has 88 valence electrons.